The molecule has 2 aliphatic heterocycles. The van der Waals surface area contributed by atoms with Crippen LogP contribution < -0.4 is 4.74 Å². The van der Waals surface area contributed by atoms with E-state index in [4.69, 9.17) is 19.3 Å². The summed E-state index contributed by atoms with van der Waals surface area (Å²) in [5, 5.41) is 16.4. The summed E-state index contributed by atoms with van der Waals surface area (Å²) in [6.07, 6.45) is 1.34. The average Bonchev–Trinajstić information content (AvgIpc) is 3.44. The molecule has 0 atom stereocenters. The maximum atomic E-state index is 13.4. The van der Waals surface area contributed by atoms with E-state index in [9.17, 15) is 14.7 Å². The van der Waals surface area contributed by atoms with Crippen molar-refractivity contribution >= 4 is 36.9 Å². The molecule has 1 amide bonds. The van der Waals surface area contributed by atoms with Crippen molar-refractivity contribution in [2.24, 2.45) is 0 Å². The molecule has 0 radical (unpaired) electrons. The Hall–Kier alpha value is -3.67. The number of phenols is 1. The van der Waals surface area contributed by atoms with Crippen LogP contribution in [-0.2, 0) is 22.7 Å². The predicted molar refractivity (Wildman–Crippen MR) is 168 cm³/mol. The van der Waals surface area contributed by atoms with E-state index in [1.54, 1.807) is 17.0 Å². The molecule has 0 bridgehead atoms. The first-order valence-electron chi connectivity index (χ1n) is 14.8. The van der Waals surface area contributed by atoms with E-state index in [-0.39, 0.29) is 23.4 Å². The first-order chi connectivity index (χ1) is 20.3. The Morgan fingerprint density at radius 3 is 2.51 bits per heavy atom. The Kier molecular flexibility index (Phi) is 8.69. The van der Waals surface area contributed by atoms with Crippen LogP contribution in [0.25, 0.3) is 17.0 Å². The van der Waals surface area contributed by atoms with E-state index in [2.05, 4.69) is 24.5 Å². The summed E-state index contributed by atoms with van der Waals surface area (Å²) in [5.74, 6) is 0.333. The number of phenolic OH excluding ortho intramolecular Hbond substituents is 1. The fourth-order valence-electron chi connectivity index (χ4n) is 5.10. The second-order valence-electron chi connectivity index (χ2n) is 13.4. The number of carbonyl (C=O) groups excluding carboxylic acids is 2. The van der Waals surface area contributed by atoms with Gasteiger partial charge >= 0.3 is 6.09 Å². The lowest BCUT2D eigenvalue weighted by Gasteiger charge is -2.35. The van der Waals surface area contributed by atoms with Crippen molar-refractivity contribution in [1.82, 2.24) is 19.6 Å². The molecular formula is C32H42N4O6Si. The summed E-state index contributed by atoms with van der Waals surface area (Å²) in [6.45, 7) is 16.1. The molecule has 11 heteroatoms. The molecule has 0 spiro atoms. The number of aromatic nitrogens is 2. The number of rotatable bonds is 8. The SMILES string of the molecule is CC(C)(C)OC(=O)N1CCN(Cc2c(O)ccc3c2OC(=Cc2nn(COCC[Si](C)(C)C)c4ccccc24)C3=O)CC1. The number of aromatic hydroxyl groups is 1. The summed E-state index contributed by atoms with van der Waals surface area (Å²) in [6, 6.07) is 12.0. The van der Waals surface area contributed by atoms with Crippen molar-refractivity contribution in [3.63, 3.8) is 0 Å². The zero-order valence-electron chi connectivity index (χ0n) is 26.0. The average molecular weight is 607 g/mol. The van der Waals surface area contributed by atoms with Gasteiger partial charge in [0.05, 0.1) is 22.3 Å². The first kappa shape index (κ1) is 30.8. The summed E-state index contributed by atoms with van der Waals surface area (Å²) in [7, 11) is -1.21. The maximum absolute atomic E-state index is 13.4. The molecule has 2 aliphatic rings. The highest BCUT2D eigenvalue weighted by Gasteiger charge is 2.33. The van der Waals surface area contributed by atoms with Crippen molar-refractivity contribution in [3.05, 3.63) is 59.0 Å². The third kappa shape index (κ3) is 7.28. The fourth-order valence-corrected chi connectivity index (χ4v) is 5.86. The highest BCUT2D eigenvalue weighted by Crippen LogP contribution is 2.40. The summed E-state index contributed by atoms with van der Waals surface area (Å²) in [5.41, 5.74) is 1.93. The molecule has 43 heavy (non-hydrogen) atoms. The lowest BCUT2D eigenvalue weighted by Crippen LogP contribution is -2.49. The topological polar surface area (TPSA) is 106 Å². The number of allylic oxidation sites excluding steroid dienone is 1. The van der Waals surface area contributed by atoms with Crippen LogP contribution in [0.2, 0.25) is 25.7 Å². The number of amides is 1. The van der Waals surface area contributed by atoms with Gasteiger partial charge in [-0.2, -0.15) is 5.10 Å². The van der Waals surface area contributed by atoms with Gasteiger partial charge in [0.15, 0.2) is 5.76 Å². The molecule has 1 N–H and O–H groups in total. The number of Topliss-reactive ketones (excluding diaryl/α,β-unsaturated/α-hetero) is 1. The molecule has 5 rings (SSSR count). The number of benzene rings is 2. The van der Waals surface area contributed by atoms with Crippen molar-refractivity contribution in [2.75, 3.05) is 32.8 Å². The van der Waals surface area contributed by atoms with Gasteiger partial charge in [-0.1, -0.05) is 37.8 Å². The molecule has 0 saturated carbocycles. The fraction of sp³-hybridized carbons (Fsp3) is 0.469. The van der Waals surface area contributed by atoms with Gasteiger partial charge in [-0.25, -0.2) is 9.48 Å². The number of nitrogens with zero attached hydrogens (tertiary/aromatic N) is 4. The van der Waals surface area contributed by atoms with Crippen LogP contribution >= 0.6 is 0 Å². The standard InChI is InChI=1S/C32H42N4O6Si/c1-32(2,3)42-31(39)35-15-13-34(14-16-35)20-24-27(37)12-11-23-29(38)28(41-30(23)24)19-25-22-9-7-8-10-26(22)36(33-25)21-40-17-18-43(4,5)6/h7-12,19,37H,13-18,20-21H2,1-6H3. The van der Waals surface area contributed by atoms with E-state index < -0.39 is 13.7 Å². The van der Waals surface area contributed by atoms with E-state index in [1.165, 1.54) is 6.07 Å². The molecule has 1 fully saturated rings. The molecule has 230 valence electrons. The second-order valence-corrected chi connectivity index (χ2v) is 19.0. The van der Waals surface area contributed by atoms with Crippen LogP contribution in [0.3, 0.4) is 0 Å². The zero-order valence-corrected chi connectivity index (χ0v) is 27.0. The molecule has 10 nitrogen and oxygen atoms in total. The van der Waals surface area contributed by atoms with Gasteiger partial charge in [0.2, 0.25) is 5.78 Å². The monoisotopic (exact) mass is 606 g/mol. The number of hydrogen-bond donors (Lipinski definition) is 1. The van der Waals surface area contributed by atoms with Gasteiger partial charge in [0.1, 0.15) is 23.8 Å². The second kappa shape index (κ2) is 12.1. The number of ketones is 1. The van der Waals surface area contributed by atoms with Crippen LogP contribution in [0.5, 0.6) is 11.5 Å². The predicted octanol–water partition coefficient (Wildman–Crippen LogP) is 5.72. The van der Waals surface area contributed by atoms with Crippen molar-refractivity contribution < 1.29 is 28.9 Å². The van der Waals surface area contributed by atoms with Gasteiger partial charge in [-0.3, -0.25) is 9.69 Å². The number of carbonyl (C=O) groups is 2. The van der Waals surface area contributed by atoms with E-state index >= 15 is 0 Å². The van der Waals surface area contributed by atoms with E-state index in [1.807, 2.05) is 49.7 Å². The van der Waals surface area contributed by atoms with E-state index in [0.717, 1.165) is 16.9 Å². The van der Waals surface area contributed by atoms with Crippen LogP contribution in [-0.4, -0.2) is 83.0 Å². The molecular weight excluding hydrogens is 564 g/mol. The minimum atomic E-state index is -1.21. The molecule has 0 aliphatic carbocycles. The van der Waals surface area contributed by atoms with Crippen LogP contribution in [0.15, 0.2) is 42.2 Å². The van der Waals surface area contributed by atoms with Gasteiger partial charge < -0.3 is 24.2 Å². The quantitative estimate of drug-likeness (QED) is 0.197. The Labute approximate surface area is 253 Å². The van der Waals surface area contributed by atoms with Gasteiger partial charge in [-0.05, 0) is 45.0 Å². The minimum Gasteiger partial charge on any atom is -0.507 e. The number of hydrogen-bond acceptors (Lipinski definition) is 8. The van der Waals surface area contributed by atoms with Gasteiger partial charge in [0.25, 0.3) is 0 Å². The number of para-hydroxylation sites is 1. The Morgan fingerprint density at radius 2 is 1.81 bits per heavy atom. The highest BCUT2D eigenvalue weighted by molar-refractivity contribution is 6.76. The largest absolute Gasteiger partial charge is 0.507 e. The molecule has 0 unspecified atom stereocenters. The molecule has 3 heterocycles. The third-order valence-corrected chi connectivity index (χ3v) is 9.19. The number of piperazine rings is 1. The summed E-state index contributed by atoms with van der Waals surface area (Å²) >= 11 is 0. The van der Waals surface area contributed by atoms with Crippen LogP contribution in [0, 0.1) is 0 Å². The molecule has 1 aromatic heterocycles. The van der Waals surface area contributed by atoms with Crippen molar-refractivity contribution in [1.29, 1.82) is 0 Å². The summed E-state index contributed by atoms with van der Waals surface area (Å²) < 4.78 is 19.4. The van der Waals surface area contributed by atoms with Gasteiger partial charge in [-0.15, -0.1) is 0 Å². The van der Waals surface area contributed by atoms with Crippen LogP contribution in [0.1, 0.15) is 42.4 Å². The highest BCUT2D eigenvalue weighted by atomic mass is 28.3. The van der Waals surface area contributed by atoms with E-state index in [0.29, 0.717) is 68.6 Å². The zero-order chi connectivity index (χ0) is 30.9. The minimum absolute atomic E-state index is 0.0626. The maximum Gasteiger partial charge on any atom is 0.410 e. The van der Waals surface area contributed by atoms with Gasteiger partial charge in [0, 0.05) is 58.9 Å². The first-order valence-corrected chi connectivity index (χ1v) is 18.5. The lowest BCUT2D eigenvalue weighted by molar-refractivity contribution is 0.0137. The Balaban J connectivity index is 1.31. The molecule has 1 saturated heterocycles. The van der Waals surface area contributed by atoms with Crippen molar-refractivity contribution in [3.8, 4) is 11.5 Å². The lowest BCUT2D eigenvalue weighted by atomic mass is 10.0. The Morgan fingerprint density at radius 1 is 1.09 bits per heavy atom. The van der Waals surface area contributed by atoms with Crippen molar-refractivity contribution in [2.45, 2.75) is 65.3 Å². The number of ether oxygens (including phenoxy) is 3. The Bertz CT molecular complexity index is 1540. The number of fused-ring (bicyclic) bond motifs is 2. The molecule has 2 aromatic carbocycles. The summed E-state index contributed by atoms with van der Waals surface area (Å²) in [4.78, 5) is 29.7. The normalized spacial score (nSPS) is 17.0. The third-order valence-electron chi connectivity index (χ3n) is 7.49. The van der Waals surface area contributed by atoms with Crippen LogP contribution in [0.4, 0.5) is 4.79 Å². The smallest absolute Gasteiger partial charge is 0.410 e. The molecule has 3 aromatic rings.